The molecule has 0 saturated carbocycles. The lowest BCUT2D eigenvalue weighted by Gasteiger charge is -2.08. The number of ether oxygens (including phenoxy) is 2. The zero-order chi connectivity index (χ0) is 16.7. The second-order valence-electron chi connectivity index (χ2n) is 5.16. The number of carbonyl (C=O) groups is 2. The van der Waals surface area contributed by atoms with Gasteiger partial charge in [0.15, 0.2) is 5.78 Å². The summed E-state index contributed by atoms with van der Waals surface area (Å²) < 4.78 is 9.85. The Morgan fingerprint density at radius 1 is 0.957 bits per heavy atom. The molecule has 120 valence electrons. The van der Waals surface area contributed by atoms with Gasteiger partial charge in [-0.15, -0.1) is 0 Å². The minimum atomic E-state index is -0.201. The van der Waals surface area contributed by atoms with Gasteiger partial charge in [0.1, 0.15) is 5.75 Å². The third kappa shape index (κ3) is 4.42. The molecular weight excluding hydrogens is 292 g/mol. The Morgan fingerprint density at radius 2 is 1.65 bits per heavy atom. The van der Waals surface area contributed by atoms with Crippen LogP contribution in [0.4, 0.5) is 0 Å². The van der Waals surface area contributed by atoms with Crippen molar-refractivity contribution in [2.45, 2.75) is 19.3 Å². The van der Waals surface area contributed by atoms with Crippen molar-refractivity contribution in [2.75, 3.05) is 14.2 Å². The van der Waals surface area contributed by atoms with E-state index in [-0.39, 0.29) is 11.8 Å². The first kappa shape index (κ1) is 16.7. The Bertz CT molecular complexity index is 674. The van der Waals surface area contributed by atoms with Crippen LogP contribution in [0.1, 0.15) is 34.3 Å². The second kappa shape index (κ2) is 8.13. The number of methoxy groups -OCH3 is 2. The molecule has 4 heteroatoms. The summed E-state index contributed by atoms with van der Waals surface area (Å²) in [5, 5.41) is 0. The van der Waals surface area contributed by atoms with Crippen molar-refractivity contribution in [3.63, 3.8) is 0 Å². The van der Waals surface area contributed by atoms with Gasteiger partial charge in [0, 0.05) is 12.0 Å². The summed E-state index contributed by atoms with van der Waals surface area (Å²) >= 11 is 0. The molecule has 0 aliphatic carbocycles. The minimum Gasteiger partial charge on any atom is -0.496 e. The summed E-state index contributed by atoms with van der Waals surface area (Å²) in [6.45, 7) is 0. The first-order valence-corrected chi connectivity index (χ1v) is 7.49. The minimum absolute atomic E-state index is 0.0661. The Morgan fingerprint density at radius 3 is 2.30 bits per heavy atom. The van der Waals surface area contributed by atoms with Gasteiger partial charge in [0.05, 0.1) is 19.8 Å². The molecule has 0 spiro atoms. The summed E-state index contributed by atoms with van der Waals surface area (Å²) in [6, 6.07) is 14.6. The number of hydrogen-bond acceptors (Lipinski definition) is 4. The summed E-state index contributed by atoms with van der Waals surface area (Å²) in [6.07, 6.45) is 1.91. The van der Waals surface area contributed by atoms with Crippen LogP contribution in [0.5, 0.6) is 5.75 Å². The maximum Gasteiger partial charge on any atom is 0.305 e. The number of benzene rings is 2. The van der Waals surface area contributed by atoms with E-state index in [0.717, 1.165) is 18.4 Å². The van der Waals surface area contributed by atoms with Gasteiger partial charge in [-0.25, -0.2) is 0 Å². The molecule has 0 saturated heterocycles. The monoisotopic (exact) mass is 312 g/mol. The molecular formula is C19H20O4. The van der Waals surface area contributed by atoms with Crippen LogP contribution in [0.15, 0.2) is 48.5 Å². The fraction of sp³-hybridized carbons (Fsp3) is 0.263. The molecule has 0 unspecified atom stereocenters. The molecule has 0 heterocycles. The molecule has 4 nitrogen and oxygen atoms in total. The molecule has 0 N–H and O–H groups in total. The van der Waals surface area contributed by atoms with Gasteiger partial charge in [0.2, 0.25) is 0 Å². The predicted octanol–water partition coefficient (Wildman–Crippen LogP) is 3.42. The molecule has 2 aromatic rings. The summed E-state index contributed by atoms with van der Waals surface area (Å²) in [7, 11) is 2.94. The van der Waals surface area contributed by atoms with Gasteiger partial charge in [-0.05, 0) is 30.5 Å². The number of hydrogen-bond donors (Lipinski definition) is 0. The van der Waals surface area contributed by atoms with E-state index in [1.165, 1.54) is 7.11 Å². The van der Waals surface area contributed by atoms with Crippen LogP contribution in [0, 0.1) is 0 Å². The van der Waals surface area contributed by atoms with Gasteiger partial charge >= 0.3 is 5.97 Å². The Kier molecular flexibility index (Phi) is 5.92. The molecule has 2 aromatic carbocycles. The normalized spacial score (nSPS) is 10.2. The van der Waals surface area contributed by atoms with Crippen molar-refractivity contribution in [2.24, 2.45) is 0 Å². The van der Waals surface area contributed by atoms with Crippen molar-refractivity contribution in [3.05, 3.63) is 65.2 Å². The van der Waals surface area contributed by atoms with Crippen molar-refractivity contribution in [3.8, 4) is 5.75 Å². The number of aryl methyl sites for hydroxylation is 1. The highest BCUT2D eigenvalue weighted by atomic mass is 16.5. The predicted molar refractivity (Wildman–Crippen MR) is 87.8 cm³/mol. The number of ketones is 1. The van der Waals surface area contributed by atoms with Crippen LogP contribution in [0.25, 0.3) is 0 Å². The fourth-order valence-corrected chi connectivity index (χ4v) is 2.35. The molecule has 0 atom stereocenters. The van der Waals surface area contributed by atoms with E-state index < -0.39 is 0 Å². The average molecular weight is 312 g/mol. The Balaban J connectivity index is 2.04. The number of para-hydroxylation sites is 1. The molecule has 23 heavy (non-hydrogen) atoms. The molecule has 0 aromatic heterocycles. The Labute approximate surface area is 136 Å². The third-order valence-electron chi connectivity index (χ3n) is 3.64. The quantitative estimate of drug-likeness (QED) is 0.580. The lowest BCUT2D eigenvalue weighted by molar-refractivity contribution is -0.140. The summed E-state index contributed by atoms with van der Waals surface area (Å²) in [4.78, 5) is 23.6. The van der Waals surface area contributed by atoms with E-state index in [0.29, 0.717) is 23.3 Å². The zero-order valence-corrected chi connectivity index (χ0v) is 13.4. The van der Waals surface area contributed by atoms with Gasteiger partial charge in [-0.1, -0.05) is 36.4 Å². The number of rotatable bonds is 7. The first-order chi connectivity index (χ1) is 11.2. The average Bonchev–Trinajstić information content (AvgIpc) is 2.61. The molecule has 0 aliphatic heterocycles. The topological polar surface area (TPSA) is 52.6 Å². The third-order valence-corrected chi connectivity index (χ3v) is 3.64. The van der Waals surface area contributed by atoms with Crippen molar-refractivity contribution in [1.82, 2.24) is 0 Å². The standard InChI is InChI=1S/C19H20O4/c1-22-17-8-4-3-7-16(17)19(21)15-12-10-14(11-13-15)6-5-9-18(20)23-2/h3-4,7-8,10-13H,5-6,9H2,1-2H3. The van der Waals surface area contributed by atoms with Gasteiger partial charge in [-0.3, -0.25) is 9.59 Å². The van der Waals surface area contributed by atoms with E-state index in [2.05, 4.69) is 4.74 Å². The van der Waals surface area contributed by atoms with E-state index in [1.807, 2.05) is 36.4 Å². The van der Waals surface area contributed by atoms with E-state index in [1.54, 1.807) is 19.2 Å². The highest BCUT2D eigenvalue weighted by molar-refractivity contribution is 6.10. The molecule has 0 amide bonds. The van der Waals surface area contributed by atoms with E-state index in [9.17, 15) is 9.59 Å². The zero-order valence-electron chi connectivity index (χ0n) is 13.4. The lowest BCUT2D eigenvalue weighted by atomic mass is 10.00. The summed E-state index contributed by atoms with van der Waals surface area (Å²) in [5.41, 5.74) is 2.25. The molecule has 0 bridgehead atoms. The van der Waals surface area contributed by atoms with Gasteiger partial charge in [0.25, 0.3) is 0 Å². The fourth-order valence-electron chi connectivity index (χ4n) is 2.35. The second-order valence-corrected chi connectivity index (χ2v) is 5.16. The highest BCUT2D eigenvalue weighted by Gasteiger charge is 2.13. The largest absolute Gasteiger partial charge is 0.496 e. The van der Waals surface area contributed by atoms with E-state index in [4.69, 9.17) is 4.74 Å². The smallest absolute Gasteiger partial charge is 0.305 e. The van der Waals surface area contributed by atoms with E-state index >= 15 is 0 Å². The van der Waals surface area contributed by atoms with Crippen LogP contribution in [0.3, 0.4) is 0 Å². The van der Waals surface area contributed by atoms with Crippen LogP contribution < -0.4 is 4.74 Å². The molecule has 0 fully saturated rings. The van der Waals surface area contributed by atoms with Crippen LogP contribution in [0.2, 0.25) is 0 Å². The highest BCUT2D eigenvalue weighted by Crippen LogP contribution is 2.21. The Hall–Kier alpha value is -2.62. The summed E-state index contributed by atoms with van der Waals surface area (Å²) in [5.74, 6) is 0.302. The number of carbonyl (C=O) groups excluding carboxylic acids is 2. The molecule has 2 rings (SSSR count). The van der Waals surface area contributed by atoms with Gasteiger partial charge < -0.3 is 9.47 Å². The SMILES string of the molecule is COC(=O)CCCc1ccc(C(=O)c2ccccc2OC)cc1. The maximum atomic E-state index is 12.5. The van der Waals surface area contributed by atoms with Crippen molar-refractivity contribution >= 4 is 11.8 Å². The van der Waals surface area contributed by atoms with Crippen LogP contribution >= 0.6 is 0 Å². The first-order valence-electron chi connectivity index (χ1n) is 7.49. The number of esters is 1. The van der Waals surface area contributed by atoms with Crippen molar-refractivity contribution < 1.29 is 19.1 Å². The van der Waals surface area contributed by atoms with Crippen LogP contribution in [-0.4, -0.2) is 26.0 Å². The van der Waals surface area contributed by atoms with Gasteiger partial charge in [-0.2, -0.15) is 0 Å². The molecule has 0 radical (unpaired) electrons. The molecule has 0 aliphatic rings. The lowest BCUT2D eigenvalue weighted by Crippen LogP contribution is -2.04. The maximum absolute atomic E-state index is 12.5. The van der Waals surface area contributed by atoms with Crippen molar-refractivity contribution in [1.29, 1.82) is 0 Å². The van der Waals surface area contributed by atoms with Crippen LogP contribution in [-0.2, 0) is 16.0 Å².